The maximum atomic E-state index is 15.0. The molecule has 0 spiro atoms. The number of nitrogens with one attached hydrogen (secondary N) is 3. The summed E-state index contributed by atoms with van der Waals surface area (Å²) < 4.78 is 22.3. The second-order valence-electron chi connectivity index (χ2n) is 7.80. The molecule has 34 heavy (non-hydrogen) atoms. The van der Waals surface area contributed by atoms with Crippen LogP contribution in [0.1, 0.15) is 18.5 Å². The fraction of sp³-hybridized carbons (Fsp3) is 0.217. The zero-order valence-corrected chi connectivity index (χ0v) is 19.1. The van der Waals surface area contributed by atoms with Crippen molar-refractivity contribution in [3.8, 4) is 11.5 Å². The zero-order chi connectivity index (χ0) is 23.7. The molecule has 1 fully saturated rings. The van der Waals surface area contributed by atoms with E-state index in [0.717, 1.165) is 31.7 Å². The average molecular weight is 481 g/mol. The van der Waals surface area contributed by atoms with Gasteiger partial charge >= 0.3 is 0 Å². The summed E-state index contributed by atoms with van der Waals surface area (Å²) in [5, 5.41) is 18.6. The molecule has 3 aromatic heterocycles. The number of ether oxygens (including phenoxy) is 1. The minimum atomic E-state index is -0.616. The number of amidine groups is 1. The van der Waals surface area contributed by atoms with Gasteiger partial charge in [-0.15, -0.1) is 0 Å². The molecule has 11 heteroatoms. The van der Waals surface area contributed by atoms with E-state index in [-0.39, 0.29) is 22.3 Å². The van der Waals surface area contributed by atoms with Gasteiger partial charge in [-0.2, -0.15) is 5.10 Å². The third kappa shape index (κ3) is 4.32. The average Bonchev–Trinajstić information content (AvgIpc) is 3.54. The Kier molecular flexibility index (Phi) is 5.89. The van der Waals surface area contributed by atoms with E-state index in [1.54, 1.807) is 29.9 Å². The van der Waals surface area contributed by atoms with Crippen molar-refractivity contribution in [3.63, 3.8) is 0 Å². The first-order valence-corrected chi connectivity index (χ1v) is 11.2. The van der Waals surface area contributed by atoms with Crippen LogP contribution in [0.15, 0.2) is 48.9 Å². The van der Waals surface area contributed by atoms with Crippen LogP contribution in [0.2, 0.25) is 5.02 Å². The van der Waals surface area contributed by atoms with Crippen LogP contribution >= 0.6 is 11.6 Å². The number of aromatic nitrogens is 4. The molecule has 9 nitrogen and oxygen atoms in total. The lowest BCUT2D eigenvalue weighted by Gasteiger charge is -2.19. The van der Waals surface area contributed by atoms with E-state index in [0.29, 0.717) is 22.8 Å². The minimum Gasteiger partial charge on any atom is -0.455 e. The van der Waals surface area contributed by atoms with Crippen LogP contribution in [0.5, 0.6) is 11.5 Å². The number of anilines is 3. The summed E-state index contributed by atoms with van der Waals surface area (Å²) in [5.74, 6) is 0.715. The number of benzene rings is 1. The van der Waals surface area contributed by atoms with Crippen molar-refractivity contribution in [2.75, 3.05) is 35.7 Å². The topological polar surface area (TPSA) is 103 Å². The predicted molar refractivity (Wildman–Crippen MR) is 130 cm³/mol. The van der Waals surface area contributed by atoms with Gasteiger partial charge < -0.3 is 20.3 Å². The SMILES string of the molecule is CNc1ccc(N2CCCC2)nc1C(=N)Nc1cc(Cl)c(Oc2ccn3ncnc3c2)cc1F. The normalized spacial score (nSPS) is 13.3. The highest BCUT2D eigenvalue weighted by Crippen LogP contribution is 2.34. The molecule has 1 saturated heterocycles. The van der Waals surface area contributed by atoms with E-state index < -0.39 is 5.82 Å². The van der Waals surface area contributed by atoms with Gasteiger partial charge in [-0.25, -0.2) is 18.9 Å². The van der Waals surface area contributed by atoms with Gasteiger partial charge in [0, 0.05) is 38.5 Å². The summed E-state index contributed by atoms with van der Waals surface area (Å²) in [5.41, 5.74) is 1.69. The monoisotopic (exact) mass is 480 g/mol. The predicted octanol–water partition coefficient (Wildman–Crippen LogP) is 4.79. The highest BCUT2D eigenvalue weighted by molar-refractivity contribution is 6.32. The molecular formula is C23H22ClFN8O. The number of halogens is 2. The molecular weight excluding hydrogens is 459 g/mol. The molecule has 174 valence electrons. The molecule has 3 N–H and O–H groups in total. The second-order valence-corrected chi connectivity index (χ2v) is 8.21. The van der Waals surface area contributed by atoms with Gasteiger partial charge in [-0.3, -0.25) is 5.41 Å². The molecule has 0 amide bonds. The molecule has 4 heterocycles. The lowest BCUT2D eigenvalue weighted by molar-refractivity contribution is 0.477. The van der Waals surface area contributed by atoms with E-state index in [9.17, 15) is 4.39 Å². The Balaban J connectivity index is 1.37. The number of hydrogen-bond acceptors (Lipinski definition) is 7. The lowest BCUT2D eigenvalue weighted by Crippen LogP contribution is -2.22. The lowest BCUT2D eigenvalue weighted by atomic mass is 10.2. The summed E-state index contributed by atoms with van der Waals surface area (Å²) in [4.78, 5) is 10.9. The van der Waals surface area contributed by atoms with Crippen molar-refractivity contribution in [1.82, 2.24) is 19.6 Å². The van der Waals surface area contributed by atoms with Crippen LogP contribution in [0.3, 0.4) is 0 Å². The van der Waals surface area contributed by atoms with Gasteiger partial charge in [0.15, 0.2) is 11.5 Å². The van der Waals surface area contributed by atoms with Crippen LogP contribution < -0.4 is 20.3 Å². The molecule has 0 saturated carbocycles. The van der Waals surface area contributed by atoms with Crippen molar-refractivity contribution in [3.05, 3.63) is 65.5 Å². The van der Waals surface area contributed by atoms with Crippen LogP contribution in [0.25, 0.3) is 5.65 Å². The third-order valence-electron chi connectivity index (χ3n) is 5.58. The first-order chi connectivity index (χ1) is 16.5. The number of nitrogens with zero attached hydrogens (tertiary/aromatic N) is 5. The van der Waals surface area contributed by atoms with Gasteiger partial charge in [-0.05, 0) is 37.1 Å². The molecule has 4 aromatic rings. The molecule has 1 aliphatic rings. The Bertz CT molecular complexity index is 1370. The van der Waals surface area contributed by atoms with E-state index >= 15 is 0 Å². The number of fused-ring (bicyclic) bond motifs is 1. The summed E-state index contributed by atoms with van der Waals surface area (Å²) in [7, 11) is 1.75. The van der Waals surface area contributed by atoms with E-state index in [2.05, 4.69) is 30.6 Å². The quantitative estimate of drug-likeness (QED) is 0.269. The number of hydrogen-bond donors (Lipinski definition) is 3. The number of rotatable bonds is 6. The molecule has 0 atom stereocenters. The highest BCUT2D eigenvalue weighted by atomic mass is 35.5. The van der Waals surface area contributed by atoms with E-state index in [4.69, 9.17) is 21.7 Å². The molecule has 0 radical (unpaired) electrons. The van der Waals surface area contributed by atoms with Gasteiger partial charge in [0.2, 0.25) is 0 Å². The van der Waals surface area contributed by atoms with Crippen molar-refractivity contribution in [1.29, 1.82) is 5.41 Å². The molecule has 5 rings (SSSR count). The summed E-state index contributed by atoms with van der Waals surface area (Å²) in [6, 6.07) is 9.71. The van der Waals surface area contributed by atoms with Crippen molar-refractivity contribution in [2.24, 2.45) is 0 Å². The first kappa shape index (κ1) is 21.9. The van der Waals surface area contributed by atoms with E-state index in [1.165, 1.54) is 18.5 Å². The van der Waals surface area contributed by atoms with Crippen molar-refractivity contribution >= 4 is 40.3 Å². The summed E-state index contributed by atoms with van der Waals surface area (Å²) in [6.07, 6.45) is 5.34. The smallest absolute Gasteiger partial charge is 0.158 e. The maximum absolute atomic E-state index is 15.0. The first-order valence-electron chi connectivity index (χ1n) is 10.8. The van der Waals surface area contributed by atoms with Crippen LogP contribution in [-0.2, 0) is 0 Å². The summed E-state index contributed by atoms with van der Waals surface area (Å²) >= 11 is 6.38. The number of pyridine rings is 2. The van der Waals surface area contributed by atoms with Gasteiger partial charge in [-0.1, -0.05) is 11.6 Å². The Hall–Kier alpha value is -3.92. The Morgan fingerprint density at radius 1 is 1.15 bits per heavy atom. The highest BCUT2D eigenvalue weighted by Gasteiger charge is 2.19. The Morgan fingerprint density at radius 2 is 1.97 bits per heavy atom. The van der Waals surface area contributed by atoms with Gasteiger partial charge in [0.1, 0.15) is 35.2 Å². The fourth-order valence-electron chi connectivity index (χ4n) is 3.85. The van der Waals surface area contributed by atoms with Crippen LogP contribution in [0, 0.1) is 11.2 Å². The minimum absolute atomic E-state index is 0.0469. The van der Waals surface area contributed by atoms with Gasteiger partial charge in [0.05, 0.1) is 16.4 Å². The molecule has 1 aromatic carbocycles. The van der Waals surface area contributed by atoms with E-state index in [1.807, 2.05) is 12.1 Å². The van der Waals surface area contributed by atoms with Crippen molar-refractivity contribution in [2.45, 2.75) is 12.8 Å². The van der Waals surface area contributed by atoms with Crippen LogP contribution in [0.4, 0.5) is 21.6 Å². The van der Waals surface area contributed by atoms with Gasteiger partial charge in [0.25, 0.3) is 0 Å². The molecule has 0 unspecified atom stereocenters. The largest absolute Gasteiger partial charge is 0.455 e. The molecule has 1 aliphatic heterocycles. The fourth-order valence-corrected chi connectivity index (χ4v) is 4.05. The molecule has 0 bridgehead atoms. The second kappa shape index (κ2) is 9.14. The van der Waals surface area contributed by atoms with Crippen LogP contribution in [-0.4, -0.2) is 45.6 Å². The third-order valence-corrected chi connectivity index (χ3v) is 5.87. The Morgan fingerprint density at radius 3 is 2.76 bits per heavy atom. The zero-order valence-electron chi connectivity index (χ0n) is 18.3. The standard InChI is InChI=1S/C23H22ClFN8O/c1-27-17-4-5-20(32-7-2-3-8-32)31-22(17)23(26)30-18-11-15(24)19(12-16(18)25)34-14-6-9-33-21(10-14)28-13-29-33/h4-6,9-13,27H,2-3,7-8H2,1H3,(H2,26,30). The van der Waals surface area contributed by atoms with Crippen molar-refractivity contribution < 1.29 is 9.13 Å². The molecule has 0 aliphatic carbocycles. The summed E-state index contributed by atoms with van der Waals surface area (Å²) in [6.45, 7) is 1.86. The maximum Gasteiger partial charge on any atom is 0.158 e. The Labute approximate surface area is 200 Å².